The van der Waals surface area contributed by atoms with Crippen molar-refractivity contribution in [3.8, 4) is 17.1 Å². The van der Waals surface area contributed by atoms with Crippen LogP contribution in [-0.4, -0.2) is 16.2 Å². The van der Waals surface area contributed by atoms with Crippen LogP contribution >= 0.6 is 15.9 Å². The van der Waals surface area contributed by atoms with Crippen molar-refractivity contribution >= 4 is 27.0 Å². The van der Waals surface area contributed by atoms with Crippen molar-refractivity contribution in [2.24, 2.45) is 0 Å². The third kappa shape index (κ3) is 4.44. The Morgan fingerprint density at radius 1 is 1.00 bits per heavy atom. The second-order valence-corrected chi connectivity index (χ2v) is 8.90. The summed E-state index contributed by atoms with van der Waals surface area (Å²) in [7, 11) is 0. The highest BCUT2D eigenvalue weighted by atomic mass is 79.9. The van der Waals surface area contributed by atoms with Gasteiger partial charge in [-0.15, -0.1) is 0 Å². The van der Waals surface area contributed by atoms with Crippen molar-refractivity contribution in [1.82, 2.24) is 9.55 Å². The predicted octanol–water partition coefficient (Wildman–Crippen LogP) is 7.37. The molecule has 3 aromatic carbocycles. The molecule has 0 aliphatic heterocycles. The van der Waals surface area contributed by atoms with Gasteiger partial charge in [-0.2, -0.15) is 0 Å². The normalized spacial score (nSPS) is 11.4. The molecule has 30 heavy (non-hydrogen) atoms. The number of ether oxygens (including phenoxy) is 1. The first-order valence-corrected chi connectivity index (χ1v) is 11.3. The molecule has 1 aromatic heterocycles. The summed E-state index contributed by atoms with van der Waals surface area (Å²) < 4.78 is 9.59. The first-order valence-electron chi connectivity index (χ1n) is 10.5. The van der Waals surface area contributed by atoms with Crippen LogP contribution in [0.4, 0.5) is 0 Å². The van der Waals surface area contributed by atoms with Gasteiger partial charge in [0.2, 0.25) is 0 Å². The van der Waals surface area contributed by atoms with Crippen LogP contribution in [0.3, 0.4) is 0 Å². The quantitative estimate of drug-likeness (QED) is 0.268. The van der Waals surface area contributed by atoms with Gasteiger partial charge in [0.05, 0.1) is 17.6 Å². The molecule has 0 aliphatic carbocycles. The third-order valence-electron chi connectivity index (χ3n) is 5.33. The fraction of sp³-hybridized carbons (Fsp3) is 0.269. The van der Waals surface area contributed by atoms with E-state index in [1.165, 1.54) is 11.1 Å². The Bertz CT molecular complexity index is 1150. The summed E-state index contributed by atoms with van der Waals surface area (Å²) >= 11 is 3.52. The predicted molar refractivity (Wildman–Crippen MR) is 128 cm³/mol. The van der Waals surface area contributed by atoms with Crippen molar-refractivity contribution in [1.29, 1.82) is 0 Å². The van der Waals surface area contributed by atoms with Crippen molar-refractivity contribution in [2.45, 2.75) is 39.7 Å². The second-order valence-electron chi connectivity index (χ2n) is 7.98. The lowest BCUT2D eigenvalue weighted by Gasteiger charge is -2.15. The molecule has 0 aliphatic rings. The summed E-state index contributed by atoms with van der Waals surface area (Å²) in [5.41, 5.74) is 5.80. The molecule has 1 heterocycles. The highest BCUT2D eigenvalue weighted by molar-refractivity contribution is 9.10. The molecule has 0 bridgehead atoms. The zero-order valence-electron chi connectivity index (χ0n) is 17.7. The molecule has 4 heteroatoms. The Morgan fingerprint density at radius 2 is 1.77 bits per heavy atom. The summed E-state index contributed by atoms with van der Waals surface area (Å²) in [4.78, 5) is 4.91. The summed E-state index contributed by atoms with van der Waals surface area (Å²) in [6.07, 6.45) is 0.912. The fourth-order valence-corrected chi connectivity index (χ4v) is 4.03. The van der Waals surface area contributed by atoms with Crippen LogP contribution in [0.1, 0.15) is 37.3 Å². The van der Waals surface area contributed by atoms with E-state index < -0.39 is 0 Å². The van der Waals surface area contributed by atoms with E-state index in [9.17, 15) is 0 Å². The number of aromatic nitrogens is 2. The Morgan fingerprint density at radius 3 is 2.53 bits per heavy atom. The smallest absolute Gasteiger partial charge is 0.141 e. The highest BCUT2D eigenvalue weighted by Crippen LogP contribution is 2.29. The van der Waals surface area contributed by atoms with E-state index >= 15 is 0 Å². The molecule has 0 spiro atoms. The molecular formula is C26H27BrN2O. The molecule has 0 atom stereocenters. The Hall–Kier alpha value is -2.59. The van der Waals surface area contributed by atoms with E-state index in [1.54, 1.807) is 0 Å². The maximum Gasteiger partial charge on any atom is 0.141 e. The molecule has 4 rings (SSSR count). The van der Waals surface area contributed by atoms with Crippen LogP contribution in [0.15, 0.2) is 71.2 Å². The van der Waals surface area contributed by atoms with Crippen LogP contribution in [0.5, 0.6) is 5.75 Å². The molecule has 3 nitrogen and oxygen atoms in total. The number of halogens is 1. The zero-order valence-corrected chi connectivity index (χ0v) is 19.3. The Labute approximate surface area is 186 Å². The number of imidazole rings is 1. The average Bonchev–Trinajstić information content (AvgIpc) is 3.10. The standard InChI is InChI=1S/C26H27BrN2O/c1-18(2)22-14-9-19(3)17-25(22)30-16-6-15-29-24-8-5-4-7-23(24)28-26(29)20-10-12-21(27)13-11-20/h4-5,7-14,17-18H,6,15-16H2,1-3H3. The monoisotopic (exact) mass is 462 g/mol. The SMILES string of the molecule is Cc1ccc(C(C)C)c(OCCCn2c(-c3ccc(Br)cc3)nc3ccccc32)c1. The lowest BCUT2D eigenvalue weighted by atomic mass is 10.0. The fourth-order valence-electron chi connectivity index (χ4n) is 3.77. The molecular weight excluding hydrogens is 436 g/mol. The van der Waals surface area contributed by atoms with Gasteiger partial charge in [-0.25, -0.2) is 4.98 Å². The van der Waals surface area contributed by atoms with Gasteiger partial charge in [0, 0.05) is 16.6 Å². The molecule has 4 aromatic rings. The number of aryl methyl sites for hydroxylation is 2. The Kier molecular flexibility index (Phi) is 6.24. The molecule has 0 N–H and O–H groups in total. The lowest BCUT2D eigenvalue weighted by molar-refractivity contribution is 0.298. The van der Waals surface area contributed by atoms with E-state index in [2.05, 4.69) is 102 Å². The number of hydrogen-bond donors (Lipinski definition) is 0. The first-order chi connectivity index (χ1) is 14.5. The largest absolute Gasteiger partial charge is 0.493 e. The number of rotatable bonds is 7. The molecule has 0 amide bonds. The van der Waals surface area contributed by atoms with Gasteiger partial charge in [-0.1, -0.05) is 66.2 Å². The van der Waals surface area contributed by atoms with Crippen LogP contribution < -0.4 is 4.74 Å². The van der Waals surface area contributed by atoms with Gasteiger partial charge < -0.3 is 9.30 Å². The number of fused-ring (bicyclic) bond motifs is 1. The third-order valence-corrected chi connectivity index (χ3v) is 5.86. The lowest BCUT2D eigenvalue weighted by Crippen LogP contribution is -2.07. The maximum atomic E-state index is 6.21. The number of nitrogens with zero attached hydrogens (tertiary/aromatic N) is 2. The minimum Gasteiger partial charge on any atom is -0.493 e. The molecule has 0 radical (unpaired) electrons. The highest BCUT2D eigenvalue weighted by Gasteiger charge is 2.13. The molecule has 0 fully saturated rings. The number of para-hydroxylation sites is 2. The molecule has 154 valence electrons. The van der Waals surface area contributed by atoms with Gasteiger partial charge in [0.25, 0.3) is 0 Å². The van der Waals surface area contributed by atoms with Crippen molar-refractivity contribution in [3.05, 3.63) is 82.3 Å². The summed E-state index contributed by atoms with van der Waals surface area (Å²) in [5.74, 6) is 2.46. The van der Waals surface area contributed by atoms with Crippen LogP contribution in [0.2, 0.25) is 0 Å². The van der Waals surface area contributed by atoms with E-state index in [1.807, 2.05) is 6.07 Å². The van der Waals surface area contributed by atoms with Crippen LogP contribution in [-0.2, 0) is 6.54 Å². The van der Waals surface area contributed by atoms with Crippen molar-refractivity contribution in [2.75, 3.05) is 6.61 Å². The zero-order chi connectivity index (χ0) is 21.1. The van der Waals surface area contributed by atoms with Gasteiger partial charge in [0.15, 0.2) is 0 Å². The van der Waals surface area contributed by atoms with Crippen LogP contribution in [0.25, 0.3) is 22.4 Å². The summed E-state index contributed by atoms with van der Waals surface area (Å²) in [6, 6.07) is 23.2. The first kappa shape index (κ1) is 20.7. The van der Waals surface area contributed by atoms with E-state index in [0.29, 0.717) is 12.5 Å². The average molecular weight is 463 g/mol. The molecule has 0 unspecified atom stereocenters. The van der Waals surface area contributed by atoms with Gasteiger partial charge in [0.1, 0.15) is 11.6 Å². The van der Waals surface area contributed by atoms with E-state index in [4.69, 9.17) is 9.72 Å². The van der Waals surface area contributed by atoms with Crippen molar-refractivity contribution < 1.29 is 4.74 Å². The van der Waals surface area contributed by atoms with E-state index in [-0.39, 0.29) is 0 Å². The summed E-state index contributed by atoms with van der Waals surface area (Å²) in [6.45, 7) is 8.06. The second kappa shape index (κ2) is 9.05. The number of benzene rings is 3. The van der Waals surface area contributed by atoms with Gasteiger partial charge in [-0.05, 0) is 60.7 Å². The summed E-state index contributed by atoms with van der Waals surface area (Å²) in [5, 5.41) is 0. The Balaban J connectivity index is 1.54. The van der Waals surface area contributed by atoms with Gasteiger partial charge in [-0.3, -0.25) is 0 Å². The molecule has 0 saturated carbocycles. The molecule has 0 saturated heterocycles. The topological polar surface area (TPSA) is 27.1 Å². The van der Waals surface area contributed by atoms with Crippen LogP contribution in [0, 0.1) is 6.92 Å². The number of hydrogen-bond acceptors (Lipinski definition) is 2. The minimum absolute atomic E-state index is 0.446. The van der Waals surface area contributed by atoms with E-state index in [0.717, 1.165) is 45.6 Å². The maximum absolute atomic E-state index is 6.21. The van der Waals surface area contributed by atoms with Gasteiger partial charge >= 0.3 is 0 Å². The minimum atomic E-state index is 0.446. The van der Waals surface area contributed by atoms with Crippen molar-refractivity contribution in [3.63, 3.8) is 0 Å².